The van der Waals surface area contributed by atoms with Crippen molar-refractivity contribution >= 4 is 5.97 Å². The second-order valence-corrected chi connectivity index (χ2v) is 5.81. The first-order chi connectivity index (χ1) is 12.6. The van der Waals surface area contributed by atoms with Gasteiger partial charge in [-0.2, -0.15) is 0 Å². The largest absolute Gasteiger partial charge is 0.462 e. The Morgan fingerprint density at radius 1 is 1.15 bits per heavy atom. The van der Waals surface area contributed by atoms with Gasteiger partial charge in [-0.15, -0.1) is 0 Å². The number of carbonyl (C=O) groups excluding carboxylic acids is 1. The highest BCUT2D eigenvalue weighted by atomic mass is 16.5. The number of nitrogens with zero attached hydrogens (tertiary/aromatic N) is 1. The summed E-state index contributed by atoms with van der Waals surface area (Å²) in [5.74, 6) is -0.302. The Kier molecular flexibility index (Phi) is 6.98. The van der Waals surface area contributed by atoms with E-state index in [1.165, 1.54) is 0 Å². The Morgan fingerprint density at radius 2 is 1.92 bits per heavy atom. The molecule has 0 fully saturated rings. The Hall–Kier alpha value is -3.07. The van der Waals surface area contributed by atoms with Crippen LogP contribution < -0.4 is 0 Å². The van der Waals surface area contributed by atoms with Gasteiger partial charge in [0.1, 0.15) is 0 Å². The first kappa shape index (κ1) is 19.3. The molecule has 0 radical (unpaired) electrons. The van der Waals surface area contributed by atoms with Gasteiger partial charge in [-0.1, -0.05) is 55.6 Å². The zero-order chi connectivity index (χ0) is 18.9. The van der Waals surface area contributed by atoms with E-state index in [1.54, 1.807) is 25.3 Å². The van der Waals surface area contributed by atoms with Gasteiger partial charge >= 0.3 is 5.97 Å². The molecule has 3 nitrogen and oxygen atoms in total. The highest BCUT2D eigenvalue weighted by Crippen LogP contribution is 2.27. The summed E-state index contributed by atoms with van der Waals surface area (Å²) in [4.78, 5) is 14.1. The standard InChI is InChI=1S/C23H25NO2/c1-5-11-18(4)24(6-2)17-21-12-8-9-15-22(21)19-13-10-14-20(16-19)23(25)26-7-3/h5-6,8-16H,1-2,7,17H2,3-4H3/b18-11+. The molecule has 0 atom stereocenters. The van der Waals surface area contributed by atoms with Crippen LogP contribution in [0.15, 0.2) is 85.7 Å². The maximum atomic E-state index is 12.0. The molecule has 0 heterocycles. The van der Waals surface area contributed by atoms with Gasteiger partial charge in [0.25, 0.3) is 0 Å². The third-order valence-electron chi connectivity index (χ3n) is 4.08. The molecule has 0 aliphatic carbocycles. The van der Waals surface area contributed by atoms with Crippen molar-refractivity contribution in [2.24, 2.45) is 0 Å². The number of carbonyl (C=O) groups is 1. The maximum absolute atomic E-state index is 12.0. The van der Waals surface area contributed by atoms with Crippen molar-refractivity contribution in [3.8, 4) is 11.1 Å². The van der Waals surface area contributed by atoms with Crippen molar-refractivity contribution in [1.29, 1.82) is 0 Å². The van der Waals surface area contributed by atoms with E-state index in [4.69, 9.17) is 4.74 Å². The zero-order valence-corrected chi connectivity index (χ0v) is 15.4. The molecule has 2 aromatic carbocycles. The highest BCUT2D eigenvalue weighted by molar-refractivity contribution is 5.91. The third kappa shape index (κ3) is 4.73. The zero-order valence-electron chi connectivity index (χ0n) is 15.4. The van der Waals surface area contributed by atoms with Gasteiger partial charge in [0.05, 0.1) is 12.2 Å². The van der Waals surface area contributed by atoms with Crippen LogP contribution in [0.3, 0.4) is 0 Å². The summed E-state index contributed by atoms with van der Waals surface area (Å²) in [5, 5.41) is 0. The predicted molar refractivity (Wildman–Crippen MR) is 108 cm³/mol. The molecule has 0 bridgehead atoms. The number of esters is 1. The van der Waals surface area contributed by atoms with Crippen molar-refractivity contribution in [2.45, 2.75) is 20.4 Å². The summed E-state index contributed by atoms with van der Waals surface area (Å²) < 4.78 is 5.11. The van der Waals surface area contributed by atoms with E-state index >= 15 is 0 Å². The number of allylic oxidation sites excluding steroid dienone is 3. The molecule has 134 valence electrons. The van der Waals surface area contributed by atoms with Gasteiger partial charge in [0.2, 0.25) is 0 Å². The lowest BCUT2D eigenvalue weighted by atomic mass is 9.97. The van der Waals surface area contributed by atoms with E-state index in [9.17, 15) is 4.79 Å². The second kappa shape index (κ2) is 9.42. The molecule has 0 saturated heterocycles. The van der Waals surface area contributed by atoms with Crippen molar-refractivity contribution in [3.05, 3.63) is 96.9 Å². The van der Waals surface area contributed by atoms with Crippen LogP contribution in [-0.2, 0) is 11.3 Å². The summed E-state index contributed by atoms with van der Waals surface area (Å²) in [6.07, 6.45) is 5.52. The van der Waals surface area contributed by atoms with E-state index in [1.807, 2.05) is 43.3 Å². The number of ether oxygens (including phenoxy) is 1. The monoisotopic (exact) mass is 347 g/mol. The van der Waals surface area contributed by atoms with E-state index in [0.29, 0.717) is 18.7 Å². The topological polar surface area (TPSA) is 29.5 Å². The molecule has 26 heavy (non-hydrogen) atoms. The average Bonchev–Trinajstić information content (AvgIpc) is 2.67. The highest BCUT2D eigenvalue weighted by Gasteiger charge is 2.11. The lowest BCUT2D eigenvalue weighted by Gasteiger charge is -2.22. The van der Waals surface area contributed by atoms with Crippen LogP contribution in [0.25, 0.3) is 11.1 Å². The minimum atomic E-state index is -0.302. The minimum absolute atomic E-state index is 0.302. The molecule has 0 saturated carbocycles. The Balaban J connectivity index is 2.39. The maximum Gasteiger partial charge on any atom is 0.338 e. The van der Waals surface area contributed by atoms with E-state index in [0.717, 1.165) is 22.4 Å². The van der Waals surface area contributed by atoms with Crippen LogP contribution >= 0.6 is 0 Å². The molecular formula is C23H25NO2. The van der Waals surface area contributed by atoms with Crippen LogP contribution in [0.5, 0.6) is 0 Å². The fourth-order valence-corrected chi connectivity index (χ4v) is 2.75. The predicted octanol–water partition coefficient (Wildman–Crippen LogP) is 5.57. The first-order valence-corrected chi connectivity index (χ1v) is 8.64. The summed E-state index contributed by atoms with van der Waals surface area (Å²) in [5.41, 5.74) is 4.83. The van der Waals surface area contributed by atoms with Gasteiger partial charge in [-0.3, -0.25) is 0 Å². The summed E-state index contributed by atoms with van der Waals surface area (Å²) in [6.45, 7) is 12.5. The lowest BCUT2D eigenvalue weighted by molar-refractivity contribution is 0.0526. The van der Waals surface area contributed by atoms with E-state index in [-0.39, 0.29) is 5.97 Å². The van der Waals surface area contributed by atoms with Crippen LogP contribution in [0.4, 0.5) is 0 Å². The fourth-order valence-electron chi connectivity index (χ4n) is 2.75. The first-order valence-electron chi connectivity index (χ1n) is 8.64. The van der Waals surface area contributed by atoms with Gasteiger partial charge in [0.15, 0.2) is 0 Å². The quantitative estimate of drug-likeness (QED) is 0.462. The molecule has 2 rings (SSSR count). The molecule has 0 N–H and O–H groups in total. The Morgan fingerprint density at radius 3 is 2.62 bits per heavy atom. The number of hydrogen-bond acceptors (Lipinski definition) is 3. The van der Waals surface area contributed by atoms with E-state index in [2.05, 4.69) is 30.2 Å². The van der Waals surface area contributed by atoms with Crippen LogP contribution in [0.2, 0.25) is 0 Å². The summed E-state index contributed by atoms with van der Waals surface area (Å²) in [6, 6.07) is 15.7. The van der Waals surface area contributed by atoms with E-state index < -0.39 is 0 Å². The molecule has 0 aliphatic rings. The Bertz CT molecular complexity index is 820. The van der Waals surface area contributed by atoms with Gasteiger partial charge < -0.3 is 9.64 Å². The van der Waals surface area contributed by atoms with Crippen molar-refractivity contribution < 1.29 is 9.53 Å². The molecule has 0 aliphatic heterocycles. The van der Waals surface area contributed by atoms with Crippen molar-refractivity contribution in [3.63, 3.8) is 0 Å². The van der Waals surface area contributed by atoms with Crippen molar-refractivity contribution in [1.82, 2.24) is 4.90 Å². The number of rotatable bonds is 8. The smallest absolute Gasteiger partial charge is 0.338 e. The molecule has 2 aromatic rings. The van der Waals surface area contributed by atoms with Gasteiger partial charge in [-0.25, -0.2) is 4.79 Å². The summed E-state index contributed by atoms with van der Waals surface area (Å²) in [7, 11) is 0. The third-order valence-corrected chi connectivity index (χ3v) is 4.08. The molecule has 0 amide bonds. The number of benzene rings is 2. The molecular weight excluding hydrogens is 322 g/mol. The van der Waals surface area contributed by atoms with Crippen LogP contribution in [0.1, 0.15) is 29.8 Å². The van der Waals surface area contributed by atoms with Crippen LogP contribution in [0, 0.1) is 0 Å². The summed E-state index contributed by atoms with van der Waals surface area (Å²) >= 11 is 0. The molecule has 0 unspecified atom stereocenters. The molecule has 3 heteroatoms. The minimum Gasteiger partial charge on any atom is -0.462 e. The average molecular weight is 347 g/mol. The van der Waals surface area contributed by atoms with Crippen LogP contribution in [-0.4, -0.2) is 17.5 Å². The SMILES string of the molecule is C=C/C=C(\C)N(C=C)Cc1ccccc1-c1cccc(C(=O)OCC)c1. The lowest BCUT2D eigenvalue weighted by Crippen LogP contribution is -2.14. The molecule has 0 spiro atoms. The number of hydrogen-bond donors (Lipinski definition) is 0. The van der Waals surface area contributed by atoms with Gasteiger partial charge in [-0.05, 0) is 54.9 Å². The Labute approximate surface area is 155 Å². The normalized spacial score (nSPS) is 10.9. The van der Waals surface area contributed by atoms with Gasteiger partial charge in [0, 0.05) is 12.2 Å². The fraction of sp³-hybridized carbons (Fsp3) is 0.174. The van der Waals surface area contributed by atoms with Crippen molar-refractivity contribution in [2.75, 3.05) is 6.61 Å². The molecule has 0 aromatic heterocycles. The second-order valence-electron chi connectivity index (χ2n) is 5.81.